The Morgan fingerprint density at radius 1 is 1.10 bits per heavy atom. The summed E-state index contributed by atoms with van der Waals surface area (Å²) in [6.07, 6.45) is 3.48. The first-order valence-electron chi connectivity index (χ1n) is 9.86. The van der Waals surface area contributed by atoms with Crippen LogP contribution in [0.15, 0.2) is 42.7 Å². The van der Waals surface area contributed by atoms with Crippen molar-refractivity contribution in [1.29, 1.82) is 0 Å². The summed E-state index contributed by atoms with van der Waals surface area (Å²) in [5.74, 6) is 0.344. The number of ketones is 1. The quantitative estimate of drug-likeness (QED) is 0.581. The molecule has 2 aromatic heterocycles. The second kappa shape index (κ2) is 8.53. The second-order valence-corrected chi connectivity index (χ2v) is 7.86. The number of aryl methyl sites for hydroxylation is 1. The normalized spacial score (nSPS) is 14.9. The summed E-state index contributed by atoms with van der Waals surface area (Å²) in [4.78, 5) is 25.9. The van der Waals surface area contributed by atoms with E-state index in [2.05, 4.69) is 19.8 Å². The number of aromatic nitrogens is 3. The summed E-state index contributed by atoms with van der Waals surface area (Å²) in [7, 11) is 0. The molecule has 1 aliphatic heterocycles. The van der Waals surface area contributed by atoms with Gasteiger partial charge in [0.25, 0.3) is 0 Å². The van der Waals surface area contributed by atoms with Gasteiger partial charge >= 0.3 is 0 Å². The third-order valence-corrected chi connectivity index (χ3v) is 5.76. The van der Waals surface area contributed by atoms with Gasteiger partial charge in [0.2, 0.25) is 5.95 Å². The molecule has 1 fully saturated rings. The summed E-state index contributed by atoms with van der Waals surface area (Å²) in [6.45, 7) is 7.31. The number of rotatable bonds is 5. The van der Waals surface area contributed by atoms with E-state index in [0.29, 0.717) is 12.1 Å². The van der Waals surface area contributed by atoms with E-state index in [4.69, 9.17) is 11.6 Å². The molecule has 0 bridgehead atoms. The monoisotopic (exact) mass is 427 g/mol. The zero-order valence-corrected chi connectivity index (χ0v) is 17.7. The highest BCUT2D eigenvalue weighted by molar-refractivity contribution is 6.30. The molecule has 6 nitrogen and oxygen atoms in total. The van der Waals surface area contributed by atoms with E-state index in [1.807, 2.05) is 24.5 Å². The Labute approximate surface area is 179 Å². The zero-order chi connectivity index (χ0) is 21.3. The maximum atomic E-state index is 13.5. The molecule has 0 N–H and O–H groups in total. The van der Waals surface area contributed by atoms with Gasteiger partial charge in [0.05, 0.1) is 11.6 Å². The minimum atomic E-state index is -0.459. The van der Waals surface area contributed by atoms with Crippen molar-refractivity contribution in [3.8, 4) is 5.69 Å². The van der Waals surface area contributed by atoms with E-state index >= 15 is 0 Å². The van der Waals surface area contributed by atoms with Crippen LogP contribution in [-0.2, 0) is 0 Å². The first kappa shape index (κ1) is 20.5. The van der Waals surface area contributed by atoms with Crippen LogP contribution in [0.1, 0.15) is 21.7 Å². The number of Topliss-reactive ketones (excluding diaryl/α,β-unsaturated/α-hetero) is 1. The Kier molecular flexibility index (Phi) is 5.83. The van der Waals surface area contributed by atoms with Crippen molar-refractivity contribution in [3.05, 3.63) is 70.5 Å². The SMILES string of the molecule is Cc1cc(C(=O)CN2CCN(c3ncccn3)CC2)c(C)n1-c1ccc(F)c(Cl)c1. The standard InChI is InChI=1S/C22H23ClFN5O/c1-15-12-18(16(2)29(15)17-4-5-20(24)19(23)13-17)21(30)14-27-8-10-28(11-9-27)22-25-6-3-7-26-22/h3-7,12-13H,8-11,14H2,1-2H3. The molecule has 0 atom stereocenters. The van der Waals surface area contributed by atoms with Crippen LogP contribution >= 0.6 is 11.6 Å². The van der Waals surface area contributed by atoms with Gasteiger partial charge in [-0.15, -0.1) is 0 Å². The number of hydrogen-bond donors (Lipinski definition) is 0. The van der Waals surface area contributed by atoms with Crippen molar-refractivity contribution in [1.82, 2.24) is 19.4 Å². The Morgan fingerprint density at radius 3 is 2.47 bits per heavy atom. The number of anilines is 1. The van der Waals surface area contributed by atoms with E-state index in [1.54, 1.807) is 30.6 Å². The first-order chi connectivity index (χ1) is 14.4. The number of carbonyl (C=O) groups excluding carboxylic acids is 1. The lowest BCUT2D eigenvalue weighted by atomic mass is 10.1. The van der Waals surface area contributed by atoms with Gasteiger partial charge in [-0.3, -0.25) is 9.69 Å². The van der Waals surface area contributed by atoms with Crippen LogP contribution in [0.2, 0.25) is 5.02 Å². The smallest absolute Gasteiger partial charge is 0.225 e. The van der Waals surface area contributed by atoms with Gasteiger partial charge in [-0.2, -0.15) is 0 Å². The fourth-order valence-electron chi connectivity index (χ4n) is 3.92. The molecule has 0 aliphatic carbocycles. The third-order valence-electron chi connectivity index (χ3n) is 5.47. The van der Waals surface area contributed by atoms with E-state index < -0.39 is 5.82 Å². The van der Waals surface area contributed by atoms with Gasteiger partial charge in [-0.25, -0.2) is 14.4 Å². The molecule has 4 rings (SSSR count). The summed E-state index contributed by atoms with van der Waals surface area (Å²) in [6, 6.07) is 8.28. The molecule has 0 amide bonds. The molecule has 0 saturated carbocycles. The van der Waals surface area contributed by atoms with Crippen molar-refractivity contribution in [2.45, 2.75) is 13.8 Å². The number of carbonyl (C=O) groups is 1. The van der Waals surface area contributed by atoms with Gasteiger partial charge < -0.3 is 9.47 Å². The van der Waals surface area contributed by atoms with Crippen LogP contribution in [0.4, 0.5) is 10.3 Å². The topological polar surface area (TPSA) is 54.3 Å². The summed E-state index contributed by atoms with van der Waals surface area (Å²) >= 11 is 5.95. The Morgan fingerprint density at radius 2 is 1.80 bits per heavy atom. The predicted octanol–water partition coefficient (Wildman–Crippen LogP) is 3.68. The van der Waals surface area contributed by atoms with Gasteiger partial charge in [-0.1, -0.05) is 11.6 Å². The molecule has 1 aliphatic rings. The maximum Gasteiger partial charge on any atom is 0.225 e. The second-order valence-electron chi connectivity index (χ2n) is 7.45. The van der Waals surface area contributed by atoms with Crippen LogP contribution in [0, 0.1) is 19.7 Å². The highest BCUT2D eigenvalue weighted by atomic mass is 35.5. The highest BCUT2D eigenvalue weighted by Crippen LogP contribution is 2.25. The van der Waals surface area contributed by atoms with Crippen LogP contribution in [0.25, 0.3) is 5.69 Å². The number of halogens is 2. The third kappa shape index (κ3) is 4.08. The lowest BCUT2D eigenvalue weighted by molar-refractivity contribution is 0.0925. The fraction of sp³-hybridized carbons (Fsp3) is 0.318. The molecule has 156 valence electrons. The van der Waals surface area contributed by atoms with Crippen molar-refractivity contribution in [3.63, 3.8) is 0 Å². The predicted molar refractivity (Wildman–Crippen MR) is 115 cm³/mol. The largest absolute Gasteiger partial charge is 0.338 e. The minimum absolute atomic E-state index is 0.0631. The molecular formula is C22H23ClFN5O. The van der Waals surface area contributed by atoms with Crippen LogP contribution < -0.4 is 4.90 Å². The Hall–Kier alpha value is -2.77. The van der Waals surface area contributed by atoms with Crippen LogP contribution in [-0.4, -0.2) is 57.9 Å². The number of nitrogens with zero attached hydrogens (tertiary/aromatic N) is 5. The van der Waals surface area contributed by atoms with Gasteiger partial charge in [0, 0.05) is 61.2 Å². The zero-order valence-electron chi connectivity index (χ0n) is 17.0. The van der Waals surface area contributed by atoms with E-state index in [1.165, 1.54) is 6.07 Å². The molecule has 1 saturated heterocycles. The van der Waals surface area contributed by atoms with Crippen LogP contribution in [0.3, 0.4) is 0 Å². The van der Waals surface area contributed by atoms with Gasteiger partial charge in [0.15, 0.2) is 5.78 Å². The minimum Gasteiger partial charge on any atom is -0.338 e. The number of benzene rings is 1. The number of hydrogen-bond acceptors (Lipinski definition) is 5. The average molecular weight is 428 g/mol. The molecule has 3 heterocycles. The molecule has 8 heteroatoms. The lowest BCUT2D eigenvalue weighted by Gasteiger charge is -2.34. The fourth-order valence-corrected chi connectivity index (χ4v) is 4.09. The summed E-state index contributed by atoms with van der Waals surface area (Å²) in [5, 5.41) is 0.0631. The van der Waals surface area contributed by atoms with Gasteiger partial charge in [-0.05, 0) is 44.2 Å². The molecular weight excluding hydrogens is 405 g/mol. The molecule has 0 spiro atoms. The van der Waals surface area contributed by atoms with Crippen molar-refractivity contribution >= 4 is 23.3 Å². The van der Waals surface area contributed by atoms with E-state index in [-0.39, 0.29) is 10.8 Å². The van der Waals surface area contributed by atoms with Gasteiger partial charge in [0.1, 0.15) is 5.82 Å². The Balaban J connectivity index is 1.45. The van der Waals surface area contributed by atoms with Crippen LogP contribution in [0.5, 0.6) is 0 Å². The lowest BCUT2D eigenvalue weighted by Crippen LogP contribution is -2.48. The summed E-state index contributed by atoms with van der Waals surface area (Å²) in [5.41, 5.74) is 3.16. The highest BCUT2D eigenvalue weighted by Gasteiger charge is 2.23. The van der Waals surface area contributed by atoms with Crippen molar-refractivity contribution in [2.24, 2.45) is 0 Å². The Bertz CT molecular complexity index is 1060. The van der Waals surface area contributed by atoms with E-state index in [9.17, 15) is 9.18 Å². The average Bonchev–Trinajstić information content (AvgIpc) is 3.05. The van der Waals surface area contributed by atoms with Crippen molar-refractivity contribution < 1.29 is 9.18 Å². The maximum absolute atomic E-state index is 13.5. The molecule has 0 radical (unpaired) electrons. The number of piperazine rings is 1. The molecule has 0 unspecified atom stereocenters. The summed E-state index contributed by atoms with van der Waals surface area (Å²) < 4.78 is 15.5. The molecule has 3 aromatic rings. The van der Waals surface area contributed by atoms with E-state index in [0.717, 1.165) is 49.2 Å². The molecule has 1 aromatic carbocycles. The van der Waals surface area contributed by atoms with Crippen molar-refractivity contribution in [2.75, 3.05) is 37.6 Å². The first-order valence-corrected chi connectivity index (χ1v) is 10.2. The molecule has 30 heavy (non-hydrogen) atoms.